The third kappa shape index (κ3) is 4.94. The molecule has 0 aliphatic rings. The highest BCUT2D eigenvalue weighted by Gasteiger charge is 2.16. The second-order valence-electron chi connectivity index (χ2n) is 5.04. The summed E-state index contributed by atoms with van der Waals surface area (Å²) in [6.07, 6.45) is 1.44. The fourth-order valence-electron chi connectivity index (χ4n) is 1.60. The standard InChI is InChI=1S/C14H24N2O2/c1-14(17,11-15)8-5-9-18-13-7-4-6-12(10-13)16(2)3/h4,6-7,10,17H,5,8-9,11,15H2,1-3H3. The molecule has 3 N–H and O–H groups in total. The maximum atomic E-state index is 9.75. The van der Waals surface area contributed by atoms with Crippen molar-refractivity contribution in [1.82, 2.24) is 0 Å². The fourth-order valence-corrected chi connectivity index (χ4v) is 1.60. The molecule has 4 heteroatoms. The lowest BCUT2D eigenvalue weighted by Gasteiger charge is -2.20. The molecule has 0 radical (unpaired) electrons. The minimum absolute atomic E-state index is 0.281. The number of rotatable bonds is 7. The van der Waals surface area contributed by atoms with Gasteiger partial charge in [-0.2, -0.15) is 0 Å². The van der Waals surface area contributed by atoms with Crippen molar-refractivity contribution in [3.63, 3.8) is 0 Å². The van der Waals surface area contributed by atoms with Crippen LogP contribution in [-0.4, -0.2) is 38.0 Å². The Morgan fingerprint density at radius 2 is 2.11 bits per heavy atom. The molecule has 0 aliphatic carbocycles. The maximum absolute atomic E-state index is 9.75. The van der Waals surface area contributed by atoms with E-state index in [1.165, 1.54) is 0 Å². The Balaban J connectivity index is 2.38. The average Bonchev–Trinajstić information content (AvgIpc) is 2.35. The molecule has 0 bridgehead atoms. The molecule has 18 heavy (non-hydrogen) atoms. The van der Waals surface area contributed by atoms with Crippen LogP contribution in [0, 0.1) is 0 Å². The molecule has 1 unspecified atom stereocenters. The Labute approximate surface area is 109 Å². The van der Waals surface area contributed by atoms with Gasteiger partial charge in [-0.25, -0.2) is 0 Å². The number of hydrogen-bond donors (Lipinski definition) is 2. The third-order valence-electron chi connectivity index (χ3n) is 2.90. The van der Waals surface area contributed by atoms with Crippen LogP contribution in [0.4, 0.5) is 5.69 Å². The summed E-state index contributed by atoms with van der Waals surface area (Å²) in [5.41, 5.74) is 5.79. The molecule has 0 amide bonds. The highest BCUT2D eigenvalue weighted by Crippen LogP contribution is 2.20. The van der Waals surface area contributed by atoms with Crippen LogP contribution in [0.25, 0.3) is 0 Å². The lowest BCUT2D eigenvalue weighted by Crippen LogP contribution is -2.34. The van der Waals surface area contributed by atoms with Gasteiger partial charge in [0.15, 0.2) is 0 Å². The van der Waals surface area contributed by atoms with Gasteiger partial charge in [0.05, 0.1) is 12.2 Å². The van der Waals surface area contributed by atoms with Gasteiger partial charge in [-0.15, -0.1) is 0 Å². The van der Waals surface area contributed by atoms with E-state index >= 15 is 0 Å². The van der Waals surface area contributed by atoms with Gasteiger partial charge in [-0.1, -0.05) is 6.07 Å². The molecule has 4 nitrogen and oxygen atoms in total. The number of ether oxygens (including phenoxy) is 1. The highest BCUT2D eigenvalue weighted by atomic mass is 16.5. The topological polar surface area (TPSA) is 58.7 Å². The summed E-state index contributed by atoms with van der Waals surface area (Å²) in [6.45, 7) is 2.62. The predicted octanol–water partition coefficient (Wildman–Crippen LogP) is 1.62. The molecule has 0 fully saturated rings. The van der Waals surface area contributed by atoms with Crippen LogP contribution >= 0.6 is 0 Å². The normalized spacial score (nSPS) is 14.1. The molecule has 0 aromatic heterocycles. The van der Waals surface area contributed by atoms with Crippen LogP contribution in [0.2, 0.25) is 0 Å². The van der Waals surface area contributed by atoms with Gasteiger partial charge in [-0.3, -0.25) is 0 Å². The van der Waals surface area contributed by atoms with Gasteiger partial charge in [0.1, 0.15) is 5.75 Å². The van der Waals surface area contributed by atoms with Crippen molar-refractivity contribution < 1.29 is 9.84 Å². The van der Waals surface area contributed by atoms with Crippen LogP contribution in [0.15, 0.2) is 24.3 Å². The van der Waals surface area contributed by atoms with Crippen LogP contribution in [0.3, 0.4) is 0 Å². The summed E-state index contributed by atoms with van der Waals surface area (Å²) in [7, 11) is 4.00. The molecule has 0 aliphatic heterocycles. The maximum Gasteiger partial charge on any atom is 0.121 e. The second kappa shape index (κ2) is 6.61. The summed E-state index contributed by atoms with van der Waals surface area (Å²) in [5, 5.41) is 9.75. The molecule has 1 aromatic carbocycles. The Morgan fingerprint density at radius 3 is 2.72 bits per heavy atom. The van der Waals surface area contributed by atoms with E-state index in [4.69, 9.17) is 10.5 Å². The first-order valence-electron chi connectivity index (χ1n) is 6.27. The number of nitrogens with two attached hydrogens (primary N) is 1. The number of benzene rings is 1. The summed E-state index contributed by atoms with van der Waals surface area (Å²) in [6, 6.07) is 7.95. The van der Waals surface area contributed by atoms with Crippen molar-refractivity contribution >= 4 is 5.69 Å². The van der Waals surface area contributed by atoms with E-state index in [0.717, 1.165) is 17.9 Å². The van der Waals surface area contributed by atoms with E-state index in [1.54, 1.807) is 6.92 Å². The van der Waals surface area contributed by atoms with Gasteiger partial charge in [0, 0.05) is 32.4 Å². The monoisotopic (exact) mass is 252 g/mol. The Hall–Kier alpha value is -1.26. The molecule has 0 saturated heterocycles. The molecule has 1 atom stereocenters. The summed E-state index contributed by atoms with van der Waals surface area (Å²) in [4.78, 5) is 2.03. The average molecular weight is 252 g/mol. The smallest absolute Gasteiger partial charge is 0.121 e. The number of nitrogens with zero attached hydrogens (tertiary/aromatic N) is 1. The van der Waals surface area contributed by atoms with Crippen molar-refractivity contribution in [2.45, 2.75) is 25.4 Å². The molecule has 0 spiro atoms. The second-order valence-corrected chi connectivity index (χ2v) is 5.04. The Bertz CT molecular complexity index is 365. The van der Waals surface area contributed by atoms with Crippen LogP contribution in [-0.2, 0) is 0 Å². The van der Waals surface area contributed by atoms with Gasteiger partial charge in [0.25, 0.3) is 0 Å². The first-order chi connectivity index (χ1) is 8.44. The van der Waals surface area contributed by atoms with Crippen LogP contribution in [0.5, 0.6) is 5.75 Å². The summed E-state index contributed by atoms with van der Waals surface area (Å²) < 4.78 is 5.66. The van der Waals surface area contributed by atoms with Gasteiger partial charge < -0.3 is 20.5 Å². The van der Waals surface area contributed by atoms with Gasteiger partial charge >= 0.3 is 0 Å². The van der Waals surface area contributed by atoms with Crippen molar-refractivity contribution in [2.24, 2.45) is 5.73 Å². The molecular formula is C14H24N2O2. The van der Waals surface area contributed by atoms with Crippen molar-refractivity contribution in [3.05, 3.63) is 24.3 Å². The van der Waals surface area contributed by atoms with Crippen molar-refractivity contribution in [1.29, 1.82) is 0 Å². The lowest BCUT2D eigenvalue weighted by atomic mass is 10.0. The van der Waals surface area contributed by atoms with E-state index in [0.29, 0.717) is 13.0 Å². The SMILES string of the molecule is CN(C)c1cccc(OCCCC(C)(O)CN)c1. The lowest BCUT2D eigenvalue weighted by molar-refractivity contribution is 0.0536. The predicted molar refractivity (Wildman–Crippen MR) is 75.2 cm³/mol. The van der Waals surface area contributed by atoms with E-state index in [1.807, 2.05) is 43.3 Å². The fraction of sp³-hybridized carbons (Fsp3) is 0.571. The molecule has 1 aromatic rings. The quantitative estimate of drug-likeness (QED) is 0.724. The van der Waals surface area contributed by atoms with Crippen LogP contribution < -0.4 is 15.4 Å². The highest BCUT2D eigenvalue weighted by molar-refractivity contribution is 5.49. The summed E-state index contributed by atoms with van der Waals surface area (Å²) in [5.74, 6) is 0.855. The zero-order valence-electron chi connectivity index (χ0n) is 11.5. The molecule has 0 saturated carbocycles. The number of hydrogen-bond acceptors (Lipinski definition) is 4. The van der Waals surface area contributed by atoms with Crippen molar-refractivity contribution in [3.8, 4) is 5.75 Å². The Kier molecular flexibility index (Phi) is 5.44. The Morgan fingerprint density at radius 1 is 1.39 bits per heavy atom. The van der Waals surface area contributed by atoms with Gasteiger partial charge in [0.2, 0.25) is 0 Å². The number of anilines is 1. The van der Waals surface area contributed by atoms with E-state index in [2.05, 4.69) is 0 Å². The third-order valence-corrected chi connectivity index (χ3v) is 2.90. The summed E-state index contributed by atoms with van der Waals surface area (Å²) >= 11 is 0. The van der Waals surface area contributed by atoms with E-state index < -0.39 is 5.60 Å². The van der Waals surface area contributed by atoms with E-state index in [9.17, 15) is 5.11 Å². The minimum Gasteiger partial charge on any atom is -0.494 e. The minimum atomic E-state index is -0.783. The largest absolute Gasteiger partial charge is 0.494 e. The van der Waals surface area contributed by atoms with E-state index in [-0.39, 0.29) is 6.54 Å². The van der Waals surface area contributed by atoms with Crippen molar-refractivity contribution in [2.75, 3.05) is 32.1 Å². The zero-order chi connectivity index (χ0) is 13.6. The first-order valence-corrected chi connectivity index (χ1v) is 6.27. The van der Waals surface area contributed by atoms with Crippen LogP contribution in [0.1, 0.15) is 19.8 Å². The molecule has 0 heterocycles. The number of aliphatic hydroxyl groups is 1. The molecule has 1 rings (SSSR count). The molecule has 102 valence electrons. The first kappa shape index (κ1) is 14.8. The molecular weight excluding hydrogens is 228 g/mol. The zero-order valence-corrected chi connectivity index (χ0v) is 11.5. The van der Waals surface area contributed by atoms with Gasteiger partial charge in [-0.05, 0) is 31.9 Å².